The molecule has 0 radical (unpaired) electrons. The predicted octanol–water partition coefficient (Wildman–Crippen LogP) is 4.74. The number of anilines is 1. The summed E-state index contributed by atoms with van der Waals surface area (Å²) in [4.78, 5) is 0. The fourth-order valence-electron chi connectivity index (χ4n) is 3.14. The van der Waals surface area contributed by atoms with Gasteiger partial charge in [0.05, 0.1) is 17.4 Å². The SMILES string of the molecule is C1=CC(C2=NN(c3ccccc3)C(c3ccccc3)C2)C=C1. The van der Waals surface area contributed by atoms with Crippen LogP contribution in [0.15, 0.2) is 90.1 Å². The average Bonchev–Trinajstić information content (AvgIpc) is 3.26. The zero-order valence-electron chi connectivity index (χ0n) is 12.3. The number of allylic oxidation sites excluding steroid dienone is 4. The molecule has 0 bridgehead atoms. The van der Waals surface area contributed by atoms with E-state index in [9.17, 15) is 0 Å². The van der Waals surface area contributed by atoms with Crippen molar-refractivity contribution in [3.05, 3.63) is 90.5 Å². The van der Waals surface area contributed by atoms with Crippen molar-refractivity contribution in [1.29, 1.82) is 0 Å². The summed E-state index contributed by atoms with van der Waals surface area (Å²) in [6, 6.07) is 21.4. The lowest BCUT2D eigenvalue weighted by atomic mass is 9.95. The molecule has 108 valence electrons. The van der Waals surface area contributed by atoms with Crippen LogP contribution >= 0.6 is 0 Å². The van der Waals surface area contributed by atoms with Gasteiger partial charge in [-0.3, -0.25) is 5.01 Å². The van der Waals surface area contributed by atoms with Crippen molar-refractivity contribution in [2.45, 2.75) is 12.5 Å². The Morgan fingerprint density at radius 3 is 2.14 bits per heavy atom. The van der Waals surface area contributed by atoms with Crippen LogP contribution in [0.1, 0.15) is 18.0 Å². The number of nitrogens with zero attached hydrogens (tertiary/aromatic N) is 2. The molecule has 1 atom stereocenters. The summed E-state index contributed by atoms with van der Waals surface area (Å²) in [5.74, 6) is 0.347. The molecule has 0 amide bonds. The summed E-state index contributed by atoms with van der Waals surface area (Å²) in [7, 11) is 0. The molecule has 4 rings (SSSR count). The van der Waals surface area contributed by atoms with Gasteiger partial charge in [0.2, 0.25) is 0 Å². The van der Waals surface area contributed by atoms with Crippen LogP contribution in [0.2, 0.25) is 0 Å². The topological polar surface area (TPSA) is 15.6 Å². The molecule has 1 unspecified atom stereocenters. The van der Waals surface area contributed by atoms with Crippen molar-refractivity contribution < 1.29 is 0 Å². The molecule has 0 aromatic heterocycles. The molecular weight excluding hydrogens is 268 g/mol. The second kappa shape index (κ2) is 5.64. The molecular formula is C20H18N2. The summed E-state index contributed by atoms with van der Waals surface area (Å²) in [5, 5.41) is 7.12. The molecule has 0 fully saturated rings. The van der Waals surface area contributed by atoms with Crippen LogP contribution < -0.4 is 5.01 Å². The highest BCUT2D eigenvalue weighted by molar-refractivity contribution is 5.94. The highest BCUT2D eigenvalue weighted by atomic mass is 15.5. The lowest BCUT2D eigenvalue weighted by Gasteiger charge is -2.23. The molecule has 2 aliphatic rings. The molecule has 2 heteroatoms. The van der Waals surface area contributed by atoms with E-state index in [1.54, 1.807) is 0 Å². The van der Waals surface area contributed by atoms with Gasteiger partial charge in [0.15, 0.2) is 0 Å². The lowest BCUT2D eigenvalue weighted by molar-refractivity contribution is 0.707. The zero-order valence-corrected chi connectivity index (χ0v) is 12.3. The van der Waals surface area contributed by atoms with Crippen molar-refractivity contribution in [2.24, 2.45) is 11.0 Å². The van der Waals surface area contributed by atoms with E-state index in [0.717, 1.165) is 12.1 Å². The minimum absolute atomic E-state index is 0.279. The molecule has 0 N–H and O–H groups in total. The Morgan fingerprint density at radius 2 is 1.45 bits per heavy atom. The third-order valence-electron chi connectivity index (χ3n) is 4.27. The van der Waals surface area contributed by atoms with Crippen molar-refractivity contribution in [2.75, 3.05) is 5.01 Å². The van der Waals surface area contributed by atoms with Gasteiger partial charge in [-0.15, -0.1) is 0 Å². The maximum absolute atomic E-state index is 4.95. The molecule has 0 saturated heterocycles. The van der Waals surface area contributed by atoms with Gasteiger partial charge >= 0.3 is 0 Å². The molecule has 1 aliphatic heterocycles. The fourth-order valence-corrected chi connectivity index (χ4v) is 3.14. The van der Waals surface area contributed by atoms with Crippen LogP contribution in [0, 0.1) is 5.92 Å². The Hall–Kier alpha value is -2.61. The maximum Gasteiger partial charge on any atom is 0.0828 e. The van der Waals surface area contributed by atoms with Crippen LogP contribution in [0.4, 0.5) is 5.69 Å². The van der Waals surface area contributed by atoms with Crippen LogP contribution in [-0.4, -0.2) is 5.71 Å². The van der Waals surface area contributed by atoms with Crippen molar-refractivity contribution in [1.82, 2.24) is 0 Å². The van der Waals surface area contributed by atoms with E-state index in [0.29, 0.717) is 5.92 Å². The Kier molecular flexibility index (Phi) is 3.36. The van der Waals surface area contributed by atoms with Gasteiger partial charge in [0.1, 0.15) is 0 Å². The van der Waals surface area contributed by atoms with Crippen LogP contribution in [0.3, 0.4) is 0 Å². The first-order valence-electron chi connectivity index (χ1n) is 7.73. The van der Waals surface area contributed by atoms with Crippen molar-refractivity contribution >= 4 is 11.4 Å². The second-order valence-electron chi connectivity index (χ2n) is 5.70. The molecule has 0 saturated carbocycles. The number of para-hydroxylation sites is 1. The smallest absolute Gasteiger partial charge is 0.0828 e. The zero-order chi connectivity index (χ0) is 14.8. The Morgan fingerprint density at radius 1 is 0.818 bits per heavy atom. The Labute approximate surface area is 131 Å². The minimum Gasteiger partial charge on any atom is -0.258 e. The summed E-state index contributed by atoms with van der Waals surface area (Å²) in [5.41, 5.74) is 3.70. The summed E-state index contributed by atoms with van der Waals surface area (Å²) < 4.78 is 0. The Balaban J connectivity index is 1.72. The number of hydrogen-bond acceptors (Lipinski definition) is 2. The highest BCUT2D eigenvalue weighted by Gasteiger charge is 2.31. The van der Waals surface area contributed by atoms with Crippen molar-refractivity contribution in [3.63, 3.8) is 0 Å². The van der Waals surface area contributed by atoms with Gasteiger partial charge in [-0.25, -0.2) is 0 Å². The first-order chi connectivity index (χ1) is 10.9. The lowest BCUT2D eigenvalue weighted by Crippen LogP contribution is -2.18. The first-order valence-corrected chi connectivity index (χ1v) is 7.73. The van der Waals surface area contributed by atoms with Crippen molar-refractivity contribution in [3.8, 4) is 0 Å². The van der Waals surface area contributed by atoms with Gasteiger partial charge in [-0.05, 0) is 17.7 Å². The van der Waals surface area contributed by atoms with Crippen LogP contribution in [0.25, 0.3) is 0 Å². The van der Waals surface area contributed by atoms with E-state index in [4.69, 9.17) is 5.10 Å². The third-order valence-corrected chi connectivity index (χ3v) is 4.27. The number of hydrazone groups is 1. The van der Waals surface area contributed by atoms with E-state index in [1.807, 2.05) is 6.07 Å². The first kappa shape index (κ1) is 13.1. The van der Waals surface area contributed by atoms with E-state index in [2.05, 4.69) is 83.9 Å². The van der Waals surface area contributed by atoms with E-state index >= 15 is 0 Å². The molecule has 2 aromatic carbocycles. The van der Waals surface area contributed by atoms with E-state index < -0.39 is 0 Å². The van der Waals surface area contributed by atoms with Gasteiger partial charge in [0, 0.05) is 12.3 Å². The normalized spacial score (nSPS) is 20.6. The number of hydrogen-bond donors (Lipinski definition) is 0. The van der Waals surface area contributed by atoms with Crippen LogP contribution in [-0.2, 0) is 0 Å². The Bertz CT molecular complexity index is 717. The fraction of sp³-hybridized carbons (Fsp3) is 0.150. The molecule has 0 spiro atoms. The summed E-state index contributed by atoms with van der Waals surface area (Å²) in [6.45, 7) is 0. The summed E-state index contributed by atoms with van der Waals surface area (Å²) in [6.07, 6.45) is 9.62. The molecule has 1 aliphatic carbocycles. The maximum atomic E-state index is 4.95. The number of benzene rings is 2. The molecule has 1 heterocycles. The second-order valence-corrected chi connectivity index (χ2v) is 5.70. The monoisotopic (exact) mass is 286 g/mol. The van der Waals surface area contributed by atoms with Gasteiger partial charge in [-0.2, -0.15) is 5.10 Å². The molecule has 22 heavy (non-hydrogen) atoms. The summed E-state index contributed by atoms with van der Waals surface area (Å²) >= 11 is 0. The average molecular weight is 286 g/mol. The van der Waals surface area contributed by atoms with Crippen LogP contribution in [0.5, 0.6) is 0 Å². The standard InChI is InChI=1S/C20H18N2/c1-3-11-17(12-4-1)20-15-19(16-9-7-8-10-16)21-22(20)18-13-5-2-6-14-18/h1-14,16,20H,15H2. The van der Waals surface area contributed by atoms with Gasteiger partial charge in [0.25, 0.3) is 0 Å². The van der Waals surface area contributed by atoms with E-state index in [1.165, 1.54) is 11.3 Å². The van der Waals surface area contributed by atoms with E-state index in [-0.39, 0.29) is 6.04 Å². The minimum atomic E-state index is 0.279. The van der Waals surface area contributed by atoms with Gasteiger partial charge in [-0.1, -0.05) is 72.8 Å². The number of rotatable bonds is 3. The largest absolute Gasteiger partial charge is 0.258 e. The third kappa shape index (κ3) is 2.37. The molecule has 2 aromatic rings. The predicted molar refractivity (Wildman–Crippen MR) is 91.9 cm³/mol. The molecule has 2 nitrogen and oxygen atoms in total. The highest BCUT2D eigenvalue weighted by Crippen LogP contribution is 2.37. The van der Waals surface area contributed by atoms with Gasteiger partial charge < -0.3 is 0 Å². The quantitative estimate of drug-likeness (QED) is 0.796.